The van der Waals surface area contributed by atoms with Crippen LogP contribution in [0, 0.1) is 5.41 Å². The lowest BCUT2D eigenvalue weighted by Gasteiger charge is -2.06. The molecule has 0 aromatic carbocycles. The Morgan fingerprint density at radius 1 is 1.67 bits per heavy atom. The van der Waals surface area contributed by atoms with Gasteiger partial charge in [0.05, 0.1) is 16.1 Å². The lowest BCUT2D eigenvalue weighted by molar-refractivity contribution is -0.143. The highest BCUT2D eigenvalue weighted by atomic mass is 32.1. The number of hydrogen-bond acceptors (Lipinski definition) is 3. The van der Waals surface area contributed by atoms with Gasteiger partial charge in [-0.2, -0.15) is 0 Å². The van der Waals surface area contributed by atoms with Gasteiger partial charge in [-0.3, -0.25) is 4.79 Å². The second-order valence-corrected chi connectivity index (χ2v) is 5.53. The number of aromatic nitrogens is 1. The molecule has 4 heteroatoms. The Hall–Kier alpha value is -0.900. The van der Waals surface area contributed by atoms with Crippen LogP contribution in [0.15, 0.2) is 5.38 Å². The van der Waals surface area contributed by atoms with E-state index < -0.39 is 11.4 Å². The van der Waals surface area contributed by atoms with E-state index in [1.165, 1.54) is 0 Å². The average molecular weight is 225 g/mol. The summed E-state index contributed by atoms with van der Waals surface area (Å²) in [6, 6.07) is 0. The molecule has 0 saturated heterocycles. The fourth-order valence-corrected chi connectivity index (χ4v) is 2.68. The summed E-state index contributed by atoms with van der Waals surface area (Å²) in [5.41, 5.74) is 0.600. The summed E-state index contributed by atoms with van der Waals surface area (Å²) in [6.45, 7) is 4.20. The Kier molecular flexibility index (Phi) is 2.54. The van der Waals surface area contributed by atoms with Crippen LogP contribution < -0.4 is 0 Å². The summed E-state index contributed by atoms with van der Waals surface area (Å²) in [6.07, 6.45) is 2.22. The molecule has 82 valence electrons. The van der Waals surface area contributed by atoms with Crippen molar-refractivity contribution in [1.82, 2.24) is 4.98 Å². The molecule has 15 heavy (non-hydrogen) atoms. The molecular formula is C11H15NO2S. The number of carboxylic acid groups (broad SMARTS) is 1. The molecule has 1 aliphatic rings. The van der Waals surface area contributed by atoms with Crippen molar-refractivity contribution in [2.45, 2.75) is 39.0 Å². The van der Waals surface area contributed by atoms with Gasteiger partial charge in [0.1, 0.15) is 0 Å². The third-order valence-corrected chi connectivity index (χ3v) is 3.82. The van der Waals surface area contributed by atoms with Crippen molar-refractivity contribution in [3.63, 3.8) is 0 Å². The highest BCUT2D eigenvalue weighted by molar-refractivity contribution is 7.09. The quantitative estimate of drug-likeness (QED) is 0.857. The molecule has 0 unspecified atom stereocenters. The molecule has 0 radical (unpaired) electrons. The summed E-state index contributed by atoms with van der Waals surface area (Å²) in [5.74, 6) is -0.237. The second-order valence-electron chi connectivity index (χ2n) is 4.58. The number of hydrogen-bond donors (Lipinski definition) is 1. The van der Waals surface area contributed by atoms with Gasteiger partial charge in [-0.15, -0.1) is 11.3 Å². The van der Waals surface area contributed by atoms with Crippen molar-refractivity contribution in [2.24, 2.45) is 5.41 Å². The van der Waals surface area contributed by atoms with Crippen molar-refractivity contribution < 1.29 is 9.90 Å². The van der Waals surface area contributed by atoms with Crippen LogP contribution in [0.4, 0.5) is 0 Å². The first-order valence-electron chi connectivity index (χ1n) is 5.21. The zero-order valence-electron chi connectivity index (χ0n) is 8.99. The molecule has 1 N–H and O–H groups in total. The number of thiazole rings is 1. The minimum Gasteiger partial charge on any atom is -0.481 e. The van der Waals surface area contributed by atoms with E-state index in [1.807, 2.05) is 5.38 Å². The Morgan fingerprint density at radius 2 is 2.33 bits per heavy atom. The van der Waals surface area contributed by atoms with Gasteiger partial charge in [-0.05, 0) is 18.8 Å². The monoisotopic (exact) mass is 225 g/mol. The summed E-state index contributed by atoms with van der Waals surface area (Å²) >= 11 is 1.59. The molecule has 3 nitrogen and oxygen atoms in total. The molecular weight excluding hydrogens is 210 g/mol. The van der Waals surface area contributed by atoms with E-state index in [9.17, 15) is 4.79 Å². The molecule has 1 heterocycles. The fourth-order valence-electron chi connectivity index (χ4n) is 1.58. The minimum atomic E-state index is -0.663. The van der Waals surface area contributed by atoms with Crippen LogP contribution in [0.2, 0.25) is 0 Å². The van der Waals surface area contributed by atoms with Crippen LogP contribution in [0.1, 0.15) is 43.3 Å². The van der Waals surface area contributed by atoms with E-state index in [0.29, 0.717) is 12.3 Å². The SMILES string of the molecule is CC(C)c1csc(CC2(C(=O)O)CC2)n1. The van der Waals surface area contributed by atoms with Gasteiger partial charge in [-0.1, -0.05) is 13.8 Å². The summed E-state index contributed by atoms with van der Waals surface area (Å²) in [4.78, 5) is 15.5. The van der Waals surface area contributed by atoms with E-state index in [-0.39, 0.29) is 0 Å². The Balaban J connectivity index is 2.08. The first kappa shape index (κ1) is 10.6. The molecule has 0 amide bonds. The number of aliphatic carboxylic acids is 1. The van der Waals surface area contributed by atoms with Crippen molar-refractivity contribution >= 4 is 17.3 Å². The minimum absolute atomic E-state index is 0.426. The van der Waals surface area contributed by atoms with Crippen LogP contribution in [-0.4, -0.2) is 16.1 Å². The third kappa shape index (κ3) is 2.04. The van der Waals surface area contributed by atoms with E-state index >= 15 is 0 Å². The number of nitrogens with zero attached hydrogens (tertiary/aromatic N) is 1. The largest absolute Gasteiger partial charge is 0.481 e. The van der Waals surface area contributed by atoms with E-state index in [0.717, 1.165) is 23.5 Å². The number of rotatable bonds is 4. The van der Waals surface area contributed by atoms with Gasteiger partial charge < -0.3 is 5.11 Å². The lowest BCUT2D eigenvalue weighted by atomic mass is 10.0. The summed E-state index contributed by atoms with van der Waals surface area (Å²) in [7, 11) is 0. The van der Waals surface area contributed by atoms with Crippen molar-refractivity contribution in [3.05, 3.63) is 16.1 Å². The van der Waals surface area contributed by atoms with Crippen LogP contribution in [0.25, 0.3) is 0 Å². The number of carboxylic acids is 1. The molecule has 1 saturated carbocycles. The van der Waals surface area contributed by atoms with Crippen LogP contribution >= 0.6 is 11.3 Å². The molecule has 1 aromatic rings. The lowest BCUT2D eigenvalue weighted by Crippen LogP contribution is -2.17. The van der Waals surface area contributed by atoms with Gasteiger partial charge in [0.2, 0.25) is 0 Å². The summed E-state index contributed by atoms with van der Waals surface area (Å²) in [5, 5.41) is 12.1. The van der Waals surface area contributed by atoms with Crippen LogP contribution in [0.3, 0.4) is 0 Å². The fraction of sp³-hybridized carbons (Fsp3) is 0.636. The van der Waals surface area contributed by atoms with Crippen molar-refractivity contribution in [3.8, 4) is 0 Å². The summed E-state index contributed by atoms with van der Waals surface area (Å²) < 4.78 is 0. The Labute approximate surface area is 93.2 Å². The van der Waals surface area contributed by atoms with Gasteiger partial charge >= 0.3 is 5.97 Å². The first-order valence-corrected chi connectivity index (χ1v) is 6.09. The molecule has 1 fully saturated rings. The first-order chi connectivity index (χ1) is 7.03. The molecule has 0 bridgehead atoms. The maximum absolute atomic E-state index is 11.0. The maximum Gasteiger partial charge on any atom is 0.310 e. The van der Waals surface area contributed by atoms with Gasteiger partial charge in [0, 0.05) is 11.8 Å². The average Bonchev–Trinajstić information content (AvgIpc) is 2.76. The van der Waals surface area contributed by atoms with E-state index in [2.05, 4.69) is 18.8 Å². The zero-order valence-corrected chi connectivity index (χ0v) is 9.80. The zero-order chi connectivity index (χ0) is 11.1. The predicted molar refractivity (Wildman–Crippen MR) is 59.2 cm³/mol. The third-order valence-electron chi connectivity index (χ3n) is 2.96. The molecule has 2 rings (SSSR count). The highest BCUT2D eigenvalue weighted by Crippen LogP contribution is 2.49. The predicted octanol–water partition coefficient (Wildman–Crippen LogP) is 2.67. The van der Waals surface area contributed by atoms with Crippen molar-refractivity contribution in [1.29, 1.82) is 0 Å². The van der Waals surface area contributed by atoms with Gasteiger partial charge in [0.25, 0.3) is 0 Å². The normalized spacial score (nSPS) is 18.1. The molecule has 0 aliphatic heterocycles. The van der Waals surface area contributed by atoms with Crippen LogP contribution in [-0.2, 0) is 11.2 Å². The molecule has 0 spiro atoms. The topological polar surface area (TPSA) is 50.2 Å². The Morgan fingerprint density at radius 3 is 2.73 bits per heavy atom. The molecule has 1 aliphatic carbocycles. The highest BCUT2D eigenvalue weighted by Gasteiger charge is 2.50. The smallest absolute Gasteiger partial charge is 0.310 e. The van der Waals surface area contributed by atoms with E-state index in [1.54, 1.807) is 11.3 Å². The van der Waals surface area contributed by atoms with Gasteiger partial charge in [-0.25, -0.2) is 4.98 Å². The molecule has 0 atom stereocenters. The second kappa shape index (κ2) is 3.59. The standard InChI is InChI=1S/C11H15NO2S/c1-7(2)8-6-15-9(12-8)5-11(3-4-11)10(13)14/h6-7H,3-5H2,1-2H3,(H,13,14). The molecule has 1 aromatic heterocycles. The van der Waals surface area contributed by atoms with Crippen molar-refractivity contribution in [2.75, 3.05) is 0 Å². The van der Waals surface area contributed by atoms with E-state index in [4.69, 9.17) is 5.11 Å². The Bertz CT molecular complexity index is 380. The van der Waals surface area contributed by atoms with Crippen LogP contribution in [0.5, 0.6) is 0 Å². The van der Waals surface area contributed by atoms with Gasteiger partial charge in [0.15, 0.2) is 0 Å². The maximum atomic E-state index is 11.0. The number of carbonyl (C=O) groups is 1.